The number of carbonyl (C=O) groups excluding carboxylic acids is 4. The fourth-order valence-corrected chi connectivity index (χ4v) is 9.81. The van der Waals surface area contributed by atoms with Gasteiger partial charge in [0.15, 0.2) is 11.6 Å². The summed E-state index contributed by atoms with van der Waals surface area (Å²) in [7, 11) is 3.02. The van der Waals surface area contributed by atoms with Crippen molar-refractivity contribution in [2.45, 2.75) is 180 Å². The third-order valence-corrected chi connectivity index (χ3v) is 14.0. The van der Waals surface area contributed by atoms with E-state index in [0.29, 0.717) is 76.3 Å². The molecule has 0 spiro atoms. The third-order valence-electron chi connectivity index (χ3n) is 14.0. The minimum atomic E-state index is -1.75. The number of ether oxygens (including phenoxy) is 4. The molecule has 0 aromatic carbocycles. The molecule has 4 rings (SSSR count). The first-order valence-corrected chi connectivity index (χ1v) is 23.0. The smallest absolute Gasteiger partial charge is 0.329 e. The SMILES string of the molecule is CO[C@H]1C[C@@H]2CC[C@@H](C)[C@](O)(CC(=O)N3CCCC3C(=O)O[C@H]([C@H](C)C[C@@H]3CC[C@@H](O)[C@H](O)C3)CC(=O)[C@H](C)/C=C(\C)[C@@H](O)[C@@H](OC)C(=O)[C@H](C)C[C@H](C)/C=C/C=C/C=C1C)O2. The summed E-state index contributed by atoms with van der Waals surface area (Å²) in [5.74, 6) is -5.00. The largest absolute Gasteiger partial charge is 0.460 e. The highest BCUT2D eigenvalue weighted by molar-refractivity contribution is 5.87. The normalized spacial score (nSPS) is 40.7. The highest BCUT2D eigenvalue weighted by Crippen LogP contribution is 2.39. The molecule has 2 saturated heterocycles. The molecule has 4 N–H and O–H groups in total. The molecule has 3 heterocycles. The highest BCUT2D eigenvalue weighted by Gasteiger charge is 2.47. The fraction of sp³-hybridized carbons (Fsp3) is 0.755. The van der Waals surface area contributed by atoms with Crippen LogP contribution in [0.25, 0.3) is 0 Å². The molecule has 1 amide bonds. The number of aliphatic hydroxyl groups excluding tert-OH is 3. The fourth-order valence-electron chi connectivity index (χ4n) is 9.81. The molecule has 1 saturated carbocycles. The van der Waals surface area contributed by atoms with Crippen molar-refractivity contribution in [1.82, 2.24) is 4.90 Å². The molecular weight excluding hydrogens is 795 g/mol. The second-order valence-electron chi connectivity index (χ2n) is 19.1. The summed E-state index contributed by atoms with van der Waals surface area (Å²) in [6.07, 6.45) is 10.6. The number of methoxy groups -OCH3 is 2. The van der Waals surface area contributed by atoms with E-state index in [2.05, 4.69) is 0 Å². The van der Waals surface area contributed by atoms with Crippen LogP contribution in [0.15, 0.2) is 47.6 Å². The Morgan fingerprint density at radius 2 is 1.60 bits per heavy atom. The Hall–Kier alpha value is -3.04. The van der Waals surface area contributed by atoms with Gasteiger partial charge in [-0.05, 0) is 101 Å². The van der Waals surface area contributed by atoms with Crippen molar-refractivity contribution in [2.24, 2.45) is 35.5 Å². The van der Waals surface area contributed by atoms with Gasteiger partial charge in [-0.3, -0.25) is 14.4 Å². The van der Waals surface area contributed by atoms with Crippen LogP contribution < -0.4 is 0 Å². The number of rotatable bonds is 5. The summed E-state index contributed by atoms with van der Waals surface area (Å²) in [5.41, 5.74) is 1.36. The number of esters is 1. The second kappa shape index (κ2) is 23.8. The monoisotopic (exact) mass is 872 g/mol. The van der Waals surface area contributed by atoms with Crippen molar-refractivity contribution in [3.63, 3.8) is 0 Å². The van der Waals surface area contributed by atoms with Crippen LogP contribution in [0.1, 0.15) is 126 Å². The second-order valence-corrected chi connectivity index (χ2v) is 19.1. The predicted molar refractivity (Wildman–Crippen MR) is 235 cm³/mol. The van der Waals surface area contributed by atoms with Crippen molar-refractivity contribution in [2.75, 3.05) is 20.8 Å². The Morgan fingerprint density at radius 3 is 2.27 bits per heavy atom. The summed E-state index contributed by atoms with van der Waals surface area (Å²) in [5, 5.41) is 43.9. The van der Waals surface area contributed by atoms with Gasteiger partial charge in [-0.15, -0.1) is 0 Å². The van der Waals surface area contributed by atoms with Crippen molar-refractivity contribution in [3.05, 3.63) is 47.6 Å². The lowest BCUT2D eigenvalue weighted by atomic mass is 9.78. The van der Waals surface area contributed by atoms with Gasteiger partial charge in [0.2, 0.25) is 5.91 Å². The topological polar surface area (TPSA) is 189 Å². The van der Waals surface area contributed by atoms with Gasteiger partial charge in [-0.2, -0.15) is 0 Å². The van der Waals surface area contributed by atoms with E-state index in [-0.39, 0.29) is 60.3 Å². The molecule has 0 aromatic heterocycles. The molecule has 13 nitrogen and oxygen atoms in total. The maximum absolute atomic E-state index is 14.1. The van der Waals surface area contributed by atoms with Gasteiger partial charge in [0.1, 0.15) is 30.1 Å². The van der Waals surface area contributed by atoms with Crippen molar-refractivity contribution < 1.29 is 58.6 Å². The number of aliphatic hydroxyl groups is 4. The number of hydrogen-bond donors (Lipinski definition) is 4. The zero-order valence-electron chi connectivity index (χ0n) is 38.7. The molecule has 1 aliphatic carbocycles. The molecule has 13 heteroatoms. The van der Waals surface area contributed by atoms with E-state index in [9.17, 15) is 39.6 Å². The van der Waals surface area contributed by atoms with Gasteiger partial charge in [0.05, 0.1) is 30.8 Å². The van der Waals surface area contributed by atoms with Crippen LogP contribution in [-0.2, 0) is 38.1 Å². The van der Waals surface area contributed by atoms with Crippen LogP contribution in [0.3, 0.4) is 0 Å². The molecule has 4 aliphatic rings. The van der Waals surface area contributed by atoms with Gasteiger partial charge in [0.25, 0.3) is 0 Å². The molecule has 3 aliphatic heterocycles. The average molecular weight is 872 g/mol. The molecule has 0 aromatic rings. The van der Waals surface area contributed by atoms with E-state index < -0.39 is 66.1 Å². The lowest BCUT2D eigenvalue weighted by Gasteiger charge is -2.43. The van der Waals surface area contributed by atoms with Crippen LogP contribution >= 0.6 is 0 Å². The Balaban J connectivity index is 1.65. The minimum Gasteiger partial charge on any atom is -0.460 e. The van der Waals surface area contributed by atoms with Crippen LogP contribution in [0.5, 0.6) is 0 Å². The summed E-state index contributed by atoms with van der Waals surface area (Å²) in [6, 6.07) is -0.912. The van der Waals surface area contributed by atoms with Crippen molar-refractivity contribution >= 4 is 23.4 Å². The molecule has 350 valence electrons. The first-order valence-electron chi connectivity index (χ1n) is 23.0. The predicted octanol–water partition coefficient (Wildman–Crippen LogP) is 5.96. The lowest BCUT2D eigenvalue weighted by molar-refractivity contribution is -0.283. The summed E-state index contributed by atoms with van der Waals surface area (Å²) >= 11 is 0. The van der Waals surface area contributed by atoms with Gasteiger partial charge >= 0.3 is 5.97 Å². The number of hydrogen-bond acceptors (Lipinski definition) is 12. The number of amides is 1. The molecular formula is C49H77NO12. The molecule has 62 heavy (non-hydrogen) atoms. The number of ketones is 2. The van der Waals surface area contributed by atoms with E-state index in [0.717, 1.165) is 5.57 Å². The van der Waals surface area contributed by atoms with Gasteiger partial charge in [-0.25, -0.2) is 4.79 Å². The molecule has 2 bridgehead atoms. The number of allylic oxidation sites excluding steroid dienone is 6. The summed E-state index contributed by atoms with van der Waals surface area (Å²) in [4.78, 5) is 57.3. The van der Waals surface area contributed by atoms with Crippen molar-refractivity contribution in [1.29, 1.82) is 0 Å². The first-order chi connectivity index (χ1) is 29.3. The molecule has 1 unspecified atom stereocenters. The number of nitrogens with zero attached hydrogens (tertiary/aromatic N) is 1. The van der Waals surface area contributed by atoms with Gasteiger partial charge in [-0.1, -0.05) is 71.1 Å². The summed E-state index contributed by atoms with van der Waals surface area (Å²) in [6.45, 7) is 13.2. The lowest BCUT2D eigenvalue weighted by Crippen LogP contribution is -2.52. The van der Waals surface area contributed by atoms with E-state index >= 15 is 0 Å². The van der Waals surface area contributed by atoms with E-state index in [1.54, 1.807) is 27.0 Å². The van der Waals surface area contributed by atoms with Crippen LogP contribution in [0.4, 0.5) is 0 Å². The maximum atomic E-state index is 14.1. The maximum Gasteiger partial charge on any atom is 0.329 e. The van der Waals surface area contributed by atoms with Gasteiger partial charge < -0.3 is 44.3 Å². The molecule has 0 radical (unpaired) electrons. The van der Waals surface area contributed by atoms with E-state index in [1.807, 2.05) is 65.0 Å². The standard InChI is InChI=1S/C49H77NO12/c1-29-14-11-10-12-15-30(2)42(59-8)26-37-19-17-35(7)49(58,62-37)28-44(54)50-21-13-16-38(50)48(57)61-43(32(4)24-36-18-20-39(51)41(53)25-36)27-40(52)31(3)23-34(6)46(56)47(60-9)45(55)33(5)22-29/h10-12,14-15,23,29,31-33,35-39,41-43,46-47,51,53,56,58H,13,16-22,24-28H2,1-9H3/b12-10+,14-11+,30-15?,34-23+/t29-,31-,32-,33-,35-,36+,37+,38?,39-,41-,42+,43+,46-,47+,49+/m1/s1. The quantitative estimate of drug-likeness (QED) is 0.188. The Morgan fingerprint density at radius 1 is 0.871 bits per heavy atom. The third kappa shape index (κ3) is 14.0. The molecule has 15 atom stereocenters. The first kappa shape index (κ1) is 51.6. The number of cyclic esters (lactones) is 1. The highest BCUT2D eigenvalue weighted by atomic mass is 16.6. The van der Waals surface area contributed by atoms with E-state index in [4.69, 9.17) is 18.9 Å². The van der Waals surface area contributed by atoms with Crippen molar-refractivity contribution in [3.8, 4) is 0 Å². The Kier molecular flexibility index (Phi) is 19.8. The van der Waals surface area contributed by atoms with Crippen LogP contribution in [0, 0.1) is 35.5 Å². The minimum absolute atomic E-state index is 0.0361. The van der Waals surface area contributed by atoms with Crippen LogP contribution in [-0.4, -0.2) is 124 Å². The zero-order valence-corrected chi connectivity index (χ0v) is 38.7. The van der Waals surface area contributed by atoms with E-state index in [1.165, 1.54) is 12.0 Å². The number of Topliss-reactive ketones (excluding diaryl/α,β-unsaturated/α-hetero) is 2. The van der Waals surface area contributed by atoms with Crippen LogP contribution in [0.2, 0.25) is 0 Å². The Bertz CT molecular complexity index is 1640. The zero-order chi connectivity index (χ0) is 45.9. The summed E-state index contributed by atoms with van der Waals surface area (Å²) < 4.78 is 24.0. The Labute approximate surface area is 370 Å². The molecule has 3 fully saturated rings. The number of carbonyl (C=O) groups is 4. The average Bonchev–Trinajstić information content (AvgIpc) is 3.72. The van der Waals surface area contributed by atoms with Gasteiger partial charge in [0, 0.05) is 51.4 Å². The number of fused-ring (bicyclic) bond motifs is 3.